The van der Waals surface area contributed by atoms with Gasteiger partial charge in [0.25, 0.3) is 0 Å². The second kappa shape index (κ2) is 33.1. The third kappa shape index (κ3) is 21.3. The van der Waals surface area contributed by atoms with Crippen molar-refractivity contribution in [1.29, 1.82) is 0 Å². The highest BCUT2D eigenvalue weighted by Gasteiger charge is 2.25. The fourth-order valence-electron chi connectivity index (χ4n) is 8.88. The first kappa shape index (κ1) is 65.6. The summed E-state index contributed by atoms with van der Waals surface area (Å²) in [6.45, 7) is 28.4. The topological polar surface area (TPSA) is 157 Å². The molecule has 432 valence electrons. The van der Waals surface area contributed by atoms with Gasteiger partial charge in [-0.25, -0.2) is 39.1 Å². The molecule has 12 nitrogen and oxygen atoms in total. The van der Waals surface area contributed by atoms with Gasteiger partial charge < -0.3 is 18.9 Å². The second-order valence-corrected chi connectivity index (χ2v) is 28.9. The normalized spacial score (nSPS) is 13.5. The average molecular weight is 1280 g/mol. The lowest BCUT2D eigenvalue weighted by Crippen LogP contribution is -2.09. The van der Waals surface area contributed by atoms with E-state index in [4.69, 9.17) is 18.9 Å². The van der Waals surface area contributed by atoms with Crippen LogP contribution in [0, 0.1) is 47.3 Å². The zero-order valence-corrected chi connectivity index (χ0v) is 54.8. The smallest absolute Gasteiger partial charge is 0.367 e. The number of ether oxygens (including phenoxy) is 4. The predicted octanol–water partition coefficient (Wildman–Crippen LogP) is 19.4. The molecule has 4 heterocycles. The van der Waals surface area contributed by atoms with Crippen molar-refractivity contribution in [3.8, 4) is 0 Å². The highest BCUT2D eigenvalue weighted by Crippen LogP contribution is 2.44. The molecule has 2 aromatic carbocycles. The summed E-state index contributed by atoms with van der Waals surface area (Å²) < 4.78 is 26.8. The molecule has 0 fully saturated rings. The standard InChI is InChI=1S/C30H42Br2N2O4S2.C30H44N2O4S2/c1-17(2)9-7-11-19(5)13-15-37-29(35)27-33-23-21(31)26-24(22(32)25(23)39-27)34-28(40-26)30(36)38-16-14-20(6)12-8-10-18(3)4;1-19(2)9-7-11-21(5)13-15-35-29(33)27-31-23-17-26-24(18-25(23)37-27)32-28(38-26)30(34)36-16-14-22(6)12-8-10-20(3)4/h17-20H,7-16H2,1-6H3;17-22H,7-16H2,1-6H3. The molecule has 0 aliphatic carbocycles. The third-order valence-electron chi connectivity index (χ3n) is 14.0. The fraction of sp³-hybridized carbons (Fsp3) is 0.667. The first-order valence-corrected chi connectivity index (χ1v) is 33.4. The van der Waals surface area contributed by atoms with Crippen molar-refractivity contribution in [2.24, 2.45) is 47.3 Å². The number of carbonyl (C=O) groups excluding carboxylic acids is 4. The average Bonchev–Trinajstić information content (AvgIpc) is 4.20. The number of nitrogens with zero attached hydrogens (tertiary/aromatic N) is 4. The van der Waals surface area contributed by atoms with Crippen LogP contribution in [0.15, 0.2) is 21.1 Å². The Morgan fingerprint density at radius 2 is 0.641 bits per heavy atom. The van der Waals surface area contributed by atoms with E-state index >= 15 is 0 Å². The van der Waals surface area contributed by atoms with E-state index in [1.807, 2.05) is 12.1 Å². The van der Waals surface area contributed by atoms with Crippen LogP contribution >= 0.6 is 77.2 Å². The van der Waals surface area contributed by atoms with Crippen LogP contribution in [-0.2, 0) is 18.9 Å². The van der Waals surface area contributed by atoms with E-state index in [9.17, 15) is 19.2 Å². The van der Waals surface area contributed by atoms with Gasteiger partial charge in [-0.1, -0.05) is 160 Å². The Kier molecular flexibility index (Phi) is 27.8. The lowest BCUT2D eigenvalue weighted by atomic mass is 9.98. The molecule has 0 spiro atoms. The summed E-state index contributed by atoms with van der Waals surface area (Å²) in [6, 6.07) is 3.78. The fourth-order valence-corrected chi connectivity index (χ4v) is 14.1. The Morgan fingerprint density at radius 1 is 0.385 bits per heavy atom. The van der Waals surface area contributed by atoms with Gasteiger partial charge in [-0.2, -0.15) is 0 Å². The summed E-state index contributed by atoms with van der Waals surface area (Å²) in [6.07, 6.45) is 17.8. The lowest BCUT2D eigenvalue weighted by Gasteiger charge is -2.12. The lowest BCUT2D eigenvalue weighted by molar-refractivity contribution is 0.0474. The van der Waals surface area contributed by atoms with Crippen LogP contribution in [0.2, 0.25) is 0 Å². The highest BCUT2D eigenvalue weighted by atomic mass is 79.9. The third-order valence-corrected chi connectivity index (χ3v) is 20.1. The number of halogens is 2. The molecule has 18 heteroatoms. The number of rotatable bonds is 32. The van der Waals surface area contributed by atoms with Crippen molar-refractivity contribution >= 4 is 142 Å². The number of fused-ring (bicyclic) bond motifs is 4. The van der Waals surface area contributed by atoms with Gasteiger partial charge in [-0.05, 0) is 117 Å². The summed E-state index contributed by atoms with van der Waals surface area (Å²) in [7, 11) is 0. The number of thiazole rings is 4. The molecule has 0 amide bonds. The number of carbonyl (C=O) groups is 4. The van der Waals surface area contributed by atoms with E-state index < -0.39 is 11.9 Å². The maximum atomic E-state index is 12.8. The minimum Gasteiger partial charge on any atom is -0.460 e. The van der Waals surface area contributed by atoms with Crippen molar-refractivity contribution in [3.05, 3.63) is 41.1 Å². The van der Waals surface area contributed by atoms with Gasteiger partial charge in [-0.3, -0.25) is 0 Å². The Labute approximate surface area is 497 Å². The first-order valence-electron chi connectivity index (χ1n) is 28.6. The van der Waals surface area contributed by atoms with Crippen molar-refractivity contribution in [2.75, 3.05) is 26.4 Å². The Morgan fingerprint density at radius 3 is 0.897 bits per heavy atom. The molecule has 0 aliphatic heterocycles. The van der Waals surface area contributed by atoms with E-state index in [0.717, 1.165) is 105 Å². The zero-order chi connectivity index (χ0) is 57.1. The highest BCUT2D eigenvalue weighted by molar-refractivity contribution is 9.11. The van der Waals surface area contributed by atoms with Gasteiger partial charge in [0.15, 0.2) is 0 Å². The van der Waals surface area contributed by atoms with Crippen LogP contribution in [0.1, 0.15) is 225 Å². The Hall–Kier alpha value is -3.16. The largest absolute Gasteiger partial charge is 0.460 e. The molecule has 0 N–H and O–H groups in total. The van der Waals surface area contributed by atoms with E-state index in [0.29, 0.717) is 90.1 Å². The molecule has 0 saturated heterocycles. The predicted molar refractivity (Wildman–Crippen MR) is 332 cm³/mol. The SMILES string of the molecule is CC(C)CCCC(C)CCOC(=O)c1nc2c(Br)c3sc(C(=O)OCCC(C)CCCC(C)C)nc3c(Br)c2s1.CC(C)CCCC(C)CCOC(=O)c1nc2cc3sc(C(=O)OCCC(C)CCCC(C)C)nc3cc2s1. The zero-order valence-electron chi connectivity index (χ0n) is 48.4. The second-order valence-electron chi connectivity index (χ2n) is 23.3. The molecule has 6 aromatic rings. The van der Waals surface area contributed by atoms with Crippen molar-refractivity contribution in [1.82, 2.24) is 19.9 Å². The van der Waals surface area contributed by atoms with Crippen molar-refractivity contribution in [3.63, 3.8) is 0 Å². The first-order chi connectivity index (χ1) is 37.1. The molecular formula is C60H86Br2N4O8S4. The Bertz CT molecular complexity index is 2560. The molecule has 4 atom stereocenters. The monoisotopic (exact) mass is 1280 g/mol. The van der Waals surface area contributed by atoms with Crippen molar-refractivity contribution < 1.29 is 38.1 Å². The number of benzene rings is 2. The van der Waals surface area contributed by atoms with Crippen LogP contribution in [0.5, 0.6) is 0 Å². The number of aromatic nitrogens is 4. The van der Waals surface area contributed by atoms with Crippen LogP contribution in [0.3, 0.4) is 0 Å². The van der Waals surface area contributed by atoms with Gasteiger partial charge >= 0.3 is 23.9 Å². The molecular weight excluding hydrogens is 1190 g/mol. The van der Waals surface area contributed by atoms with E-state index in [1.165, 1.54) is 96.7 Å². The quantitative estimate of drug-likeness (QED) is 0.0291. The minimum absolute atomic E-state index is 0.309. The molecule has 0 saturated carbocycles. The molecule has 4 aromatic heterocycles. The summed E-state index contributed by atoms with van der Waals surface area (Å²) in [5.74, 6) is 3.43. The van der Waals surface area contributed by atoms with E-state index in [1.54, 1.807) is 0 Å². The maximum Gasteiger partial charge on any atom is 0.367 e. The van der Waals surface area contributed by atoms with Gasteiger partial charge in [-0.15, -0.1) is 45.3 Å². The molecule has 0 bridgehead atoms. The summed E-state index contributed by atoms with van der Waals surface area (Å²) in [5, 5.41) is 1.33. The molecule has 78 heavy (non-hydrogen) atoms. The van der Waals surface area contributed by atoms with Gasteiger partial charge in [0.1, 0.15) is 0 Å². The van der Waals surface area contributed by atoms with Gasteiger partial charge in [0.2, 0.25) is 20.0 Å². The minimum atomic E-state index is -0.409. The summed E-state index contributed by atoms with van der Waals surface area (Å²) >= 11 is 12.4. The number of hydrogen-bond acceptors (Lipinski definition) is 16. The van der Waals surface area contributed by atoms with Gasteiger partial charge in [0, 0.05) is 0 Å². The Balaban J connectivity index is 0.000000288. The molecule has 4 unspecified atom stereocenters. The maximum absolute atomic E-state index is 12.8. The summed E-state index contributed by atoms with van der Waals surface area (Å²) in [4.78, 5) is 68.8. The van der Waals surface area contributed by atoms with Crippen LogP contribution in [0.4, 0.5) is 0 Å². The van der Waals surface area contributed by atoms with E-state index in [2.05, 4.69) is 135 Å². The summed E-state index contributed by atoms with van der Waals surface area (Å²) in [5.41, 5.74) is 2.74. The number of hydrogen-bond donors (Lipinski definition) is 0. The van der Waals surface area contributed by atoms with Gasteiger partial charge in [0.05, 0.1) is 76.2 Å². The van der Waals surface area contributed by atoms with E-state index in [-0.39, 0.29) is 11.9 Å². The molecule has 0 radical (unpaired) electrons. The number of esters is 4. The van der Waals surface area contributed by atoms with Crippen LogP contribution in [-0.4, -0.2) is 70.2 Å². The van der Waals surface area contributed by atoms with Crippen LogP contribution in [0.25, 0.3) is 40.9 Å². The van der Waals surface area contributed by atoms with Crippen LogP contribution < -0.4 is 0 Å². The molecule has 6 rings (SSSR count). The van der Waals surface area contributed by atoms with Crippen molar-refractivity contribution in [2.45, 2.75) is 186 Å². The molecule has 0 aliphatic rings.